The third kappa shape index (κ3) is 3.49. The monoisotopic (exact) mass is 330 g/mol. The van der Waals surface area contributed by atoms with Gasteiger partial charge in [-0.3, -0.25) is 14.8 Å². The Balaban J connectivity index is 1.36. The van der Waals surface area contributed by atoms with Crippen LogP contribution in [-0.4, -0.2) is 83.3 Å². The van der Waals surface area contributed by atoms with Crippen molar-refractivity contribution < 1.29 is 5.11 Å². The molecule has 3 heterocycles. The number of fused-ring (bicyclic) bond motifs is 1. The van der Waals surface area contributed by atoms with Crippen LogP contribution in [0.2, 0.25) is 0 Å². The zero-order chi connectivity index (χ0) is 16.5. The Labute approximate surface area is 145 Å². The summed E-state index contributed by atoms with van der Waals surface area (Å²) in [6.07, 6.45) is 3.87. The lowest BCUT2D eigenvalue weighted by Gasteiger charge is -2.44. The topological polar surface area (TPSA) is 42.8 Å². The Morgan fingerprint density at radius 3 is 2.54 bits per heavy atom. The Morgan fingerprint density at radius 2 is 1.83 bits per heavy atom. The first-order valence-electron chi connectivity index (χ1n) is 9.42. The smallest absolute Gasteiger partial charge is 0.0698 e. The normalized spacial score (nSPS) is 35.9. The second-order valence-corrected chi connectivity index (χ2v) is 7.98. The van der Waals surface area contributed by atoms with Crippen LogP contribution in [0.1, 0.15) is 18.5 Å². The highest BCUT2D eigenvalue weighted by Crippen LogP contribution is 2.38. The van der Waals surface area contributed by atoms with Crippen LogP contribution in [-0.2, 0) is 6.54 Å². The third-order valence-electron chi connectivity index (χ3n) is 6.30. The molecule has 1 N–H and O–H groups in total. The van der Waals surface area contributed by atoms with E-state index in [2.05, 4.69) is 38.9 Å². The van der Waals surface area contributed by atoms with Crippen molar-refractivity contribution in [3.63, 3.8) is 0 Å². The summed E-state index contributed by atoms with van der Waals surface area (Å²) < 4.78 is 0. The van der Waals surface area contributed by atoms with Crippen molar-refractivity contribution >= 4 is 0 Å². The maximum Gasteiger partial charge on any atom is 0.0698 e. The van der Waals surface area contributed by atoms with E-state index in [4.69, 9.17) is 0 Å². The van der Waals surface area contributed by atoms with E-state index in [0.29, 0.717) is 12.0 Å². The number of aromatic nitrogens is 1. The standard InChI is InChI=1S/C19H30N4O/c1-21-6-8-23(9-7-21)18-10-15-12-22(13-16(15)11-19(18)24)14-17-4-2-3-5-20-17/h2-5,15-16,18-19,24H,6-14H2,1H3/t15-,16+,18-,19-/m1/s1. The maximum atomic E-state index is 10.7. The van der Waals surface area contributed by atoms with E-state index in [1.54, 1.807) is 0 Å². The lowest BCUT2D eigenvalue weighted by molar-refractivity contribution is -0.0249. The van der Waals surface area contributed by atoms with Crippen LogP contribution in [0.4, 0.5) is 0 Å². The Bertz CT molecular complexity index is 531. The summed E-state index contributed by atoms with van der Waals surface area (Å²) in [5.41, 5.74) is 1.16. The van der Waals surface area contributed by atoms with Gasteiger partial charge in [-0.25, -0.2) is 0 Å². The molecule has 0 radical (unpaired) electrons. The van der Waals surface area contributed by atoms with Crippen molar-refractivity contribution in [2.75, 3.05) is 46.3 Å². The SMILES string of the molecule is CN1CCN([C@@H]2C[C@@H]3CN(Cc4ccccn4)C[C@@H]3C[C@H]2O)CC1. The van der Waals surface area contributed by atoms with Gasteiger partial charge in [0.15, 0.2) is 0 Å². The molecule has 2 saturated heterocycles. The molecule has 5 nitrogen and oxygen atoms in total. The van der Waals surface area contributed by atoms with E-state index >= 15 is 0 Å². The largest absolute Gasteiger partial charge is 0.391 e. The molecule has 3 aliphatic rings. The number of nitrogens with zero attached hydrogens (tertiary/aromatic N) is 4. The van der Waals surface area contributed by atoms with Gasteiger partial charge < -0.3 is 10.0 Å². The van der Waals surface area contributed by atoms with E-state index < -0.39 is 0 Å². The fourth-order valence-corrected chi connectivity index (χ4v) is 4.90. The first-order valence-corrected chi connectivity index (χ1v) is 9.42. The third-order valence-corrected chi connectivity index (χ3v) is 6.30. The number of hydrogen-bond acceptors (Lipinski definition) is 5. The van der Waals surface area contributed by atoms with E-state index in [1.165, 1.54) is 0 Å². The predicted octanol–water partition coefficient (Wildman–Crippen LogP) is 0.900. The fourth-order valence-electron chi connectivity index (χ4n) is 4.90. The van der Waals surface area contributed by atoms with Gasteiger partial charge in [0.25, 0.3) is 0 Å². The number of rotatable bonds is 3. The summed E-state index contributed by atoms with van der Waals surface area (Å²) in [6.45, 7) is 7.70. The lowest BCUT2D eigenvalue weighted by Crippen LogP contribution is -2.55. The van der Waals surface area contributed by atoms with Crippen LogP contribution < -0.4 is 0 Å². The highest BCUT2D eigenvalue weighted by molar-refractivity contribution is 5.05. The lowest BCUT2D eigenvalue weighted by atomic mass is 9.77. The highest BCUT2D eigenvalue weighted by atomic mass is 16.3. The fraction of sp³-hybridized carbons (Fsp3) is 0.737. The summed E-state index contributed by atoms with van der Waals surface area (Å²) in [5, 5.41) is 10.7. The van der Waals surface area contributed by atoms with Crippen LogP contribution in [0.3, 0.4) is 0 Å². The minimum absolute atomic E-state index is 0.149. The molecule has 2 aliphatic heterocycles. The van der Waals surface area contributed by atoms with E-state index in [1.807, 2.05) is 12.3 Å². The van der Waals surface area contributed by atoms with Crippen molar-refractivity contribution in [3.8, 4) is 0 Å². The summed E-state index contributed by atoms with van der Waals surface area (Å²) in [7, 11) is 2.19. The number of likely N-dealkylation sites (tertiary alicyclic amines) is 1. The summed E-state index contributed by atoms with van der Waals surface area (Å²) in [6, 6.07) is 6.53. The van der Waals surface area contributed by atoms with Gasteiger partial charge in [-0.05, 0) is 43.9 Å². The molecule has 5 heteroatoms. The summed E-state index contributed by atoms with van der Waals surface area (Å²) >= 11 is 0. The van der Waals surface area contributed by atoms with Gasteiger partial charge in [0.2, 0.25) is 0 Å². The molecule has 1 aliphatic carbocycles. The van der Waals surface area contributed by atoms with Crippen LogP contribution in [0, 0.1) is 11.8 Å². The van der Waals surface area contributed by atoms with Crippen molar-refractivity contribution in [2.45, 2.75) is 31.5 Å². The van der Waals surface area contributed by atoms with Crippen LogP contribution in [0.5, 0.6) is 0 Å². The number of hydrogen-bond donors (Lipinski definition) is 1. The van der Waals surface area contributed by atoms with E-state index in [0.717, 1.165) is 70.3 Å². The number of likely N-dealkylation sites (N-methyl/N-ethyl adjacent to an activating group) is 1. The van der Waals surface area contributed by atoms with Crippen molar-refractivity contribution in [3.05, 3.63) is 30.1 Å². The minimum atomic E-state index is -0.149. The maximum absolute atomic E-state index is 10.7. The quantitative estimate of drug-likeness (QED) is 0.892. The number of aliphatic hydroxyl groups excluding tert-OH is 1. The number of aliphatic hydroxyl groups is 1. The first-order chi connectivity index (χ1) is 11.7. The van der Waals surface area contributed by atoms with Crippen LogP contribution >= 0.6 is 0 Å². The average molecular weight is 330 g/mol. The molecule has 4 atom stereocenters. The Kier molecular flexibility index (Phi) is 4.86. The molecule has 4 rings (SSSR count). The van der Waals surface area contributed by atoms with Gasteiger partial charge in [-0.1, -0.05) is 6.07 Å². The molecular weight excluding hydrogens is 300 g/mol. The molecule has 1 saturated carbocycles. The van der Waals surface area contributed by atoms with Gasteiger partial charge in [0.05, 0.1) is 11.8 Å². The molecule has 3 fully saturated rings. The van der Waals surface area contributed by atoms with Crippen LogP contribution in [0.25, 0.3) is 0 Å². The molecule has 1 aromatic rings. The molecule has 0 aromatic carbocycles. The molecule has 132 valence electrons. The molecule has 0 unspecified atom stereocenters. The second kappa shape index (κ2) is 7.08. The first kappa shape index (κ1) is 16.5. The van der Waals surface area contributed by atoms with Crippen molar-refractivity contribution in [1.29, 1.82) is 0 Å². The number of piperazine rings is 1. The average Bonchev–Trinajstić information content (AvgIpc) is 2.97. The van der Waals surface area contributed by atoms with Gasteiger partial charge in [0.1, 0.15) is 0 Å². The highest BCUT2D eigenvalue weighted by Gasteiger charge is 2.43. The molecular formula is C19H30N4O. The summed E-state index contributed by atoms with van der Waals surface area (Å²) in [4.78, 5) is 11.9. The molecule has 0 bridgehead atoms. The zero-order valence-corrected chi connectivity index (χ0v) is 14.7. The molecule has 1 aromatic heterocycles. The van der Waals surface area contributed by atoms with Gasteiger partial charge in [-0.15, -0.1) is 0 Å². The van der Waals surface area contributed by atoms with E-state index in [-0.39, 0.29) is 6.10 Å². The van der Waals surface area contributed by atoms with Gasteiger partial charge in [-0.2, -0.15) is 0 Å². The second-order valence-electron chi connectivity index (χ2n) is 7.98. The van der Waals surface area contributed by atoms with Gasteiger partial charge in [0, 0.05) is 58.1 Å². The van der Waals surface area contributed by atoms with Crippen LogP contribution in [0.15, 0.2) is 24.4 Å². The zero-order valence-electron chi connectivity index (χ0n) is 14.7. The molecule has 24 heavy (non-hydrogen) atoms. The molecule has 0 amide bonds. The van der Waals surface area contributed by atoms with Crippen molar-refractivity contribution in [2.24, 2.45) is 11.8 Å². The van der Waals surface area contributed by atoms with Gasteiger partial charge >= 0.3 is 0 Å². The predicted molar refractivity (Wildman–Crippen MR) is 94.6 cm³/mol. The Hall–Kier alpha value is -1.01. The Morgan fingerprint density at radius 1 is 1.08 bits per heavy atom. The minimum Gasteiger partial charge on any atom is -0.391 e. The molecule has 0 spiro atoms. The van der Waals surface area contributed by atoms with Crippen molar-refractivity contribution in [1.82, 2.24) is 19.7 Å². The summed E-state index contributed by atoms with van der Waals surface area (Å²) in [5.74, 6) is 1.40. The van der Waals surface area contributed by atoms with E-state index in [9.17, 15) is 5.11 Å². The number of pyridine rings is 1.